The third kappa shape index (κ3) is 3.13. The van der Waals surface area contributed by atoms with Gasteiger partial charge in [0.15, 0.2) is 0 Å². The van der Waals surface area contributed by atoms with E-state index in [9.17, 15) is 4.79 Å². The van der Waals surface area contributed by atoms with Crippen LogP contribution in [0.3, 0.4) is 0 Å². The Balaban J connectivity index is 0.00000169. The van der Waals surface area contributed by atoms with Crippen LogP contribution in [0, 0.1) is 0 Å². The van der Waals surface area contributed by atoms with Crippen LogP contribution >= 0.6 is 24.2 Å². The van der Waals surface area contributed by atoms with Gasteiger partial charge in [-0.2, -0.15) is 0 Å². The van der Waals surface area contributed by atoms with Crippen molar-refractivity contribution in [2.45, 2.75) is 36.1 Å². The number of rotatable bonds is 2. The van der Waals surface area contributed by atoms with E-state index in [2.05, 4.69) is 23.5 Å². The summed E-state index contributed by atoms with van der Waals surface area (Å²) in [5, 5.41) is 3.28. The van der Waals surface area contributed by atoms with Crippen molar-refractivity contribution < 1.29 is 4.79 Å². The van der Waals surface area contributed by atoms with Gasteiger partial charge in [0.1, 0.15) is 0 Å². The Bertz CT molecular complexity index is 765. The van der Waals surface area contributed by atoms with Crippen molar-refractivity contribution in [3.8, 4) is 0 Å². The summed E-state index contributed by atoms with van der Waals surface area (Å²) in [5.41, 5.74) is 10.4. The summed E-state index contributed by atoms with van der Waals surface area (Å²) in [6.45, 7) is 0. The molecule has 4 rings (SSSR count). The number of amides is 1. The Kier molecular flexibility index (Phi) is 5.07. The fraction of sp³-hybridized carbons (Fsp3) is 0.316. The smallest absolute Gasteiger partial charge is 0.228 e. The molecule has 0 fully saturated rings. The molecule has 0 radical (unpaired) electrons. The molecule has 1 heterocycles. The van der Waals surface area contributed by atoms with E-state index in [0.717, 1.165) is 30.7 Å². The van der Waals surface area contributed by atoms with Gasteiger partial charge in [0.05, 0.1) is 12.0 Å². The predicted octanol–water partition coefficient (Wildman–Crippen LogP) is 4.07. The molecule has 24 heavy (non-hydrogen) atoms. The number of thioether (sulfide) groups is 1. The molecule has 0 bridgehead atoms. The maximum Gasteiger partial charge on any atom is 0.228 e. The summed E-state index contributed by atoms with van der Waals surface area (Å²) in [4.78, 5) is 14.0. The van der Waals surface area contributed by atoms with Crippen LogP contribution < -0.4 is 11.1 Å². The lowest BCUT2D eigenvalue weighted by molar-refractivity contribution is -0.122. The highest BCUT2D eigenvalue weighted by molar-refractivity contribution is 7.99. The van der Waals surface area contributed by atoms with Gasteiger partial charge >= 0.3 is 0 Å². The number of hydrogen-bond acceptors (Lipinski definition) is 3. The molecule has 0 spiro atoms. The maximum atomic E-state index is 12.8. The van der Waals surface area contributed by atoms with Crippen LogP contribution in [0.2, 0.25) is 0 Å². The Morgan fingerprint density at radius 1 is 1.17 bits per heavy atom. The maximum absolute atomic E-state index is 12.8. The van der Waals surface area contributed by atoms with Crippen molar-refractivity contribution in [3.05, 3.63) is 59.2 Å². The summed E-state index contributed by atoms with van der Waals surface area (Å²) in [5.74, 6) is 0.958. The first-order valence-electron chi connectivity index (χ1n) is 8.13. The fourth-order valence-electron chi connectivity index (χ4n) is 3.64. The van der Waals surface area contributed by atoms with E-state index < -0.39 is 0 Å². The second-order valence-corrected chi connectivity index (χ2v) is 7.37. The molecule has 1 aliphatic carbocycles. The summed E-state index contributed by atoms with van der Waals surface area (Å²) in [7, 11) is 0. The highest BCUT2D eigenvalue weighted by atomic mass is 35.5. The zero-order chi connectivity index (χ0) is 15.8. The average Bonchev–Trinajstić information content (AvgIpc) is 2.99. The molecule has 2 atom stereocenters. The lowest BCUT2D eigenvalue weighted by atomic mass is 9.87. The summed E-state index contributed by atoms with van der Waals surface area (Å²) in [6, 6.07) is 14.4. The lowest BCUT2D eigenvalue weighted by Gasteiger charge is -2.27. The van der Waals surface area contributed by atoms with Crippen LogP contribution in [0.15, 0.2) is 47.4 Å². The van der Waals surface area contributed by atoms with Gasteiger partial charge in [-0.1, -0.05) is 24.3 Å². The Labute approximate surface area is 152 Å². The largest absolute Gasteiger partial charge is 0.399 e. The summed E-state index contributed by atoms with van der Waals surface area (Å²) < 4.78 is 0. The normalized spacial score (nSPS) is 21.3. The van der Waals surface area contributed by atoms with Gasteiger partial charge in [-0.3, -0.25) is 4.79 Å². The number of fused-ring (bicyclic) bond motifs is 2. The number of benzene rings is 2. The minimum atomic E-state index is -0.0321. The molecule has 1 amide bonds. The lowest BCUT2D eigenvalue weighted by Crippen LogP contribution is -2.34. The molecule has 126 valence electrons. The van der Waals surface area contributed by atoms with Crippen molar-refractivity contribution in [3.63, 3.8) is 0 Å². The van der Waals surface area contributed by atoms with E-state index in [1.165, 1.54) is 21.6 Å². The number of nitrogens with two attached hydrogens (primary N) is 1. The molecular weight excluding hydrogens is 340 g/mol. The quantitative estimate of drug-likeness (QED) is 0.793. The molecule has 2 aliphatic rings. The topological polar surface area (TPSA) is 55.1 Å². The number of aryl methyl sites for hydroxylation is 1. The molecule has 0 saturated heterocycles. The molecule has 0 saturated carbocycles. The second kappa shape index (κ2) is 7.08. The third-order valence-electron chi connectivity index (χ3n) is 4.81. The third-order valence-corrected chi connectivity index (χ3v) is 6.00. The van der Waals surface area contributed by atoms with Gasteiger partial charge in [-0.25, -0.2) is 0 Å². The zero-order valence-corrected chi connectivity index (χ0v) is 15.0. The van der Waals surface area contributed by atoms with E-state index in [-0.39, 0.29) is 30.3 Å². The number of nitrogens with one attached hydrogen (secondary N) is 1. The van der Waals surface area contributed by atoms with Crippen LogP contribution in [0.25, 0.3) is 0 Å². The number of anilines is 1. The molecule has 0 aromatic heterocycles. The van der Waals surface area contributed by atoms with Crippen molar-refractivity contribution in [2.24, 2.45) is 0 Å². The fourth-order valence-corrected chi connectivity index (χ4v) is 4.87. The van der Waals surface area contributed by atoms with Crippen molar-refractivity contribution in [1.29, 1.82) is 0 Å². The van der Waals surface area contributed by atoms with Crippen molar-refractivity contribution in [2.75, 3.05) is 11.5 Å². The van der Waals surface area contributed by atoms with Crippen LogP contribution in [-0.2, 0) is 11.2 Å². The van der Waals surface area contributed by atoms with Gasteiger partial charge < -0.3 is 11.1 Å². The molecule has 2 aromatic rings. The van der Waals surface area contributed by atoms with Crippen molar-refractivity contribution in [1.82, 2.24) is 5.32 Å². The molecule has 2 aromatic carbocycles. The predicted molar refractivity (Wildman–Crippen MR) is 102 cm³/mol. The molecule has 2 unspecified atom stereocenters. The second-order valence-electron chi connectivity index (χ2n) is 6.31. The average molecular weight is 361 g/mol. The van der Waals surface area contributed by atoms with Crippen LogP contribution in [-0.4, -0.2) is 11.7 Å². The van der Waals surface area contributed by atoms with Crippen LogP contribution in [0.5, 0.6) is 0 Å². The van der Waals surface area contributed by atoms with Gasteiger partial charge in [-0.15, -0.1) is 24.2 Å². The van der Waals surface area contributed by atoms with Gasteiger partial charge in [0.25, 0.3) is 0 Å². The van der Waals surface area contributed by atoms with E-state index in [4.69, 9.17) is 5.73 Å². The van der Waals surface area contributed by atoms with Gasteiger partial charge in [0, 0.05) is 16.3 Å². The first-order chi connectivity index (χ1) is 11.2. The van der Waals surface area contributed by atoms with E-state index in [0.29, 0.717) is 0 Å². The monoisotopic (exact) mass is 360 g/mol. The molecule has 3 nitrogen and oxygen atoms in total. The Hall–Kier alpha value is -1.65. The summed E-state index contributed by atoms with van der Waals surface area (Å²) in [6.07, 6.45) is 3.15. The number of nitrogen functional groups attached to an aromatic ring is 1. The Morgan fingerprint density at radius 3 is 2.88 bits per heavy atom. The van der Waals surface area contributed by atoms with E-state index in [1.54, 1.807) is 11.8 Å². The first-order valence-corrected chi connectivity index (χ1v) is 9.11. The Morgan fingerprint density at radius 2 is 2.00 bits per heavy atom. The van der Waals surface area contributed by atoms with Crippen LogP contribution in [0.1, 0.15) is 41.5 Å². The molecular formula is C19H21ClN2OS. The van der Waals surface area contributed by atoms with Gasteiger partial charge in [0.2, 0.25) is 5.91 Å². The minimum Gasteiger partial charge on any atom is -0.399 e. The van der Waals surface area contributed by atoms with E-state index >= 15 is 0 Å². The molecule has 5 heteroatoms. The molecule has 3 N–H and O–H groups in total. The highest BCUT2D eigenvalue weighted by Crippen LogP contribution is 2.40. The zero-order valence-electron chi connectivity index (χ0n) is 13.3. The van der Waals surface area contributed by atoms with E-state index in [1.807, 2.05) is 24.3 Å². The highest BCUT2D eigenvalue weighted by Gasteiger charge is 2.31. The number of carbonyl (C=O) groups is 1. The van der Waals surface area contributed by atoms with Gasteiger partial charge in [-0.05, 0) is 54.2 Å². The SMILES string of the molecule is Cl.Nc1ccc2c(c1)CCCC2NC(=O)C1CSc2ccccc21. The molecule has 1 aliphatic heterocycles. The summed E-state index contributed by atoms with van der Waals surface area (Å²) >= 11 is 1.78. The minimum absolute atomic E-state index is 0. The van der Waals surface area contributed by atoms with Crippen molar-refractivity contribution >= 4 is 35.8 Å². The number of hydrogen-bond donors (Lipinski definition) is 2. The standard InChI is InChI=1S/C19H20N2OS.ClH/c20-13-8-9-14-12(10-13)4-3-6-17(14)21-19(22)16-11-23-18-7-2-1-5-15(16)18;/h1-2,5,7-10,16-17H,3-4,6,11,20H2,(H,21,22);1H. The number of halogens is 1. The van der Waals surface area contributed by atoms with Crippen LogP contribution in [0.4, 0.5) is 5.69 Å². The number of carbonyl (C=O) groups excluding carboxylic acids is 1. The first kappa shape index (κ1) is 17.2.